The largest absolute Gasteiger partial charge is 0.318 e. The summed E-state index contributed by atoms with van der Waals surface area (Å²) in [7, 11) is 0. The van der Waals surface area contributed by atoms with Gasteiger partial charge < -0.3 is 5.32 Å². The number of rotatable bonds is 4. The fraction of sp³-hybridized carbons (Fsp3) is 0.350. The molecule has 0 fully saturated rings. The van der Waals surface area contributed by atoms with Crippen molar-refractivity contribution in [2.75, 3.05) is 5.32 Å². The van der Waals surface area contributed by atoms with Crippen LogP contribution in [0.2, 0.25) is 0 Å². The van der Waals surface area contributed by atoms with Gasteiger partial charge >= 0.3 is 0 Å². The van der Waals surface area contributed by atoms with Crippen molar-refractivity contribution in [3.63, 3.8) is 0 Å². The van der Waals surface area contributed by atoms with Crippen molar-refractivity contribution in [1.82, 2.24) is 25.0 Å². The number of aromatic nitrogens is 5. The molecule has 2 unspecified atom stereocenters. The minimum Gasteiger partial charge on any atom is -0.318 e. The molecule has 8 heteroatoms. The van der Waals surface area contributed by atoms with Crippen LogP contribution < -0.4 is 5.32 Å². The lowest BCUT2D eigenvalue weighted by Crippen LogP contribution is -2.25. The van der Waals surface area contributed by atoms with Crippen LogP contribution in [0.15, 0.2) is 36.8 Å². The number of hydrogen-bond acceptors (Lipinski definition) is 5. The number of nitrogens with one attached hydrogen (secondary N) is 2. The number of carbonyl (C=O) groups excluding carboxylic acids is 1. The Morgan fingerprint density at radius 3 is 3.07 bits per heavy atom. The van der Waals surface area contributed by atoms with Gasteiger partial charge in [0.15, 0.2) is 5.69 Å². The van der Waals surface area contributed by atoms with Crippen molar-refractivity contribution in [2.24, 2.45) is 5.41 Å². The standard InChI is InChI=1S/C20H21N7O/c1-13(16-5-3-4-8-22-16)27-11-14(10-23-27)24-19(28)18-15-6-7-20(2,12-21)9-17(15)25-26-18/h3-5,8,10-11,13H,6-7,9H2,1-2H3,(H,24,28)(H,25,26). The second-order valence-corrected chi connectivity index (χ2v) is 7.47. The second kappa shape index (κ2) is 6.93. The molecule has 8 nitrogen and oxygen atoms in total. The summed E-state index contributed by atoms with van der Waals surface area (Å²) in [6, 6.07) is 8.06. The smallest absolute Gasteiger partial charge is 0.276 e. The van der Waals surface area contributed by atoms with E-state index >= 15 is 0 Å². The van der Waals surface area contributed by atoms with Gasteiger partial charge in [-0.3, -0.25) is 19.6 Å². The van der Waals surface area contributed by atoms with Crippen LogP contribution in [0, 0.1) is 16.7 Å². The first kappa shape index (κ1) is 17.9. The van der Waals surface area contributed by atoms with Gasteiger partial charge in [-0.2, -0.15) is 15.5 Å². The number of carbonyl (C=O) groups is 1. The highest BCUT2D eigenvalue weighted by Crippen LogP contribution is 2.35. The molecule has 4 rings (SSSR count). The molecule has 0 saturated carbocycles. The molecule has 0 saturated heterocycles. The van der Waals surface area contributed by atoms with E-state index in [1.807, 2.05) is 32.0 Å². The summed E-state index contributed by atoms with van der Waals surface area (Å²) in [5, 5.41) is 23.7. The van der Waals surface area contributed by atoms with Gasteiger partial charge in [-0.05, 0) is 38.8 Å². The molecule has 0 spiro atoms. The predicted molar refractivity (Wildman–Crippen MR) is 103 cm³/mol. The summed E-state index contributed by atoms with van der Waals surface area (Å²) < 4.78 is 1.76. The summed E-state index contributed by atoms with van der Waals surface area (Å²) in [5.74, 6) is -0.275. The number of aromatic amines is 1. The van der Waals surface area contributed by atoms with Crippen molar-refractivity contribution in [3.05, 3.63) is 59.4 Å². The highest BCUT2D eigenvalue weighted by Gasteiger charge is 2.34. The van der Waals surface area contributed by atoms with E-state index in [0.717, 1.165) is 23.4 Å². The SMILES string of the molecule is CC(c1ccccn1)n1cc(NC(=O)c2n[nH]c3c2CCC(C)(C#N)C3)cn1. The zero-order valence-corrected chi connectivity index (χ0v) is 15.8. The fourth-order valence-corrected chi connectivity index (χ4v) is 3.54. The number of pyridine rings is 1. The Labute approximate surface area is 162 Å². The average molecular weight is 375 g/mol. The van der Waals surface area contributed by atoms with Gasteiger partial charge in [-0.25, -0.2) is 0 Å². The molecule has 3 heterocycles. The Bertz CT molecular complexity index is 1050. The maximum Gasteiger partial charge on any atom is 0.276 e. The van der Waals surface area contributed by atoms with Crippen molar-refractivity contribution >= 4 is 11.6 Å². The highest BCUT2D eigenvalue weighted by molar-refractivity contribution is 6.03. The van der Waals surface area contributed by atoms with E-state index in [1.165, 1.54) is 0 Å². The van der Waals surface area contributed by atoms with E-state index in [4.69, 9.17) is 0 Å². The zero-order valence-electron chi connectivity index (χ0n) is 15.8. The highest BCUT2D eigenvalue weighted by atomic mass is 16.2. The molecule has 1 amide bonds. The van der Waals surface area contributed by atoms with Crippen LogP contribution in [0.3, 0.4) is 0 Å². The van der Waals surface area contributed by atoms with Crippen LogP contribution in [0.25, 0.3) is 0 Å². The number of nitrogens with zero attached hydrogens (tertiary/aromatic N) is 5. The van der Waals surface area contributed by atoms with Crippen LogP contribution in [-0.2, 0) is 12.8 Å². The van der Waals surface area contributed by atoms with Crippen molar-refractivity contribution in [3.8, 4) is 6.07 Å². The summed E-state index contributed by atoms with van der Waals surface area (Å²) in [6.45, 7) is 3.94. The van der Waals surface area contributed by atoms with Crippen LogP contribution >= 0.6 is 0 Å². The van der Waals surface area contributed by atoms with E-state index in [-0.39, 0.29) is 11.9 Å². The lowest BCUT2D eigenvalue weighted by atomic mass is 9.76. The van der Waals surface area contributed by atoms with Crippen molar-refractivity contribution in [2.45, 2.75) is 39.2 Å². The molecule has 1 aliphatic carbocycles. The predicted octanol–water partition coefficient (Wildman–Crippen LogP) is 2.88. The minimum absolute atomic E-state index is 0.0475. The molecule has 3 aromatic heterocycles. The molecule has 0 bridgehead atoms. The molecule has 0 aromatic carbocycles. The van der Waals surface area contributed by atoms with Gasteiger partial charge in [0.25, 0.3) is 5.91 Å². The normalized spacial score (nSPS) is 19.5. The van der Waals surface area contributed by atoms with E-state index in [9.17, 15) is 10.1 Å². The van der Waals surface area contributed by atoms with Crippen LogP contribution in [0.5, 0.6) is 0 Å². The molecule has 1 aliphatic rings. The number of anilines is 1. The lowest BCUT2D eigenvalue weighted by molar-refractivity contribution is 0.102. The number of fused-ring (bicyclic) bond motifs is 1. The number of hydrogen-bond donors (Lipinski definition) is 2. The molecule has 28 heavy (non-hydrogen) atoms. The van der Waals surface area contributed by atoms with Gasteiger partial charge in [0, 0.05) is 30.1 Å². The molecule has 0 radical (unpaired) electrons. The van der Waals surface area contributed by atoms with E-state index < -0.39 is 5.41 Å². The molecule has 2 atom stereocenters. The molecule has 3 aromatic rings. The average Bonchev–Trinajstić information content (AvgIpc) is 3.34. The quantitative estimate of drug-likeness (QED) is 0.728. The van der Waals surface area contributed by atoms with Gasteiger partial charge in [0.05, 0.1) is 35.1 Å². The van der Waals surface area contributed by atoms with Crippen molar-refractivity contribution < 1.29 is 4.79 Å². The lowest BCUT2D eigenvalue weighted by Gasteiger charge is -2.26. The topological polar surface area (TPSA) is 112 Å². The Morgan fingerprint density at radius 1 is 1.46 bits per heavy atom. The molecule has 0 aliphatic heterocycles. The summed E-state index contributed by atoms with van der Waals surface area (Å²) >= 11 is 0. The third-order valence-electron chi connectivity index (χ3n) is 5.30. The maximum absolute atomic E-state index is 12.7. The van der Waals surface area contributed by atoms with Gasteiger partial charge in [-0.15, -0.1) is 0 Å². The fourth-order valence-electron chi connectivity index (χ4n) is 3.54. The zero-order chi connectivity index (χ0) is 19.7. The first-order valence-electron chi connectivity index (χ1n) is 9.23. The van der Waals surface area contributed by atoms with Crippen LogP contribution in [-0.4, -0.2) is 30.9 Å². The van der Waals surface area contributed by atoms with Gasteiger partial charge in [0.1, 0.15) is 0 Å². The van der Waals surface area contributed by atoms with Gasteiger partial charge in [0.2, 0.25) is 0 Å². The van der Waals surface area contributed by atoms with Gasteiger partial charge in [-0.1, -0.05) is 6.07 Å². The maximum atomic E-state index is 12.7. The first-order chi connectivity index (χ1) is 13.5. The molecule has 2 N–H and O–H groups in total. The number of H-pyrrole nitrogens is 1. The monoisotopic (exact) mass is 375 g/mol. The summed E-state index contributed by atoms with van der Waals surface area (Å²) in [4.78, 5) is 17.1. The Balaban J connectivity index is 1.49. The van der Waals surface area contributed by atoms with Crippen LogP contribution in [0.4, 0.5) is 5.69 Å². The third kappa shape index (κ3) is 3.27. The Hall–Kier alpha value is -3.47. The van der Waals surface area contributed by atoms with E-state index in [2.05, 4.69) is 31.7 Å². The minimum atomic E-state index is -0.407. The van der Waals surface area contributed by atoms with Crippen molar-refractivity contribution in [1.29, 1.82) is 5.26 Å². The Morgan fingerprint density at radius 2 is 2.32 bits per heavy atom. The second-order valence-electron chi connectivity index (χ2n) is 7.47. The molecule has 142 valence electrons. The molecular formula is C20H21N7O. The third-order valence-corrected chi connectivity index (χ3v) is 5.30. The van der Waals surface area contributed by atoms with Crippen LogP contribution in [0.1, 0.15) is 53.7 Å². The number of amides is 1. The first-order valence-corrected chi connectivity index (χ1v) is 9.23. The van der Waals surface area contributed by atoms with E-state index in [0.29, 0.717) is 24.2 Å². The number of nitriles is 1. The molecular weight excluding hydrogens is 354 g/mol. The Kier molecular flexibility index (Phi) is 4.43. The summed E-state index contributed by atoms with van der Waals surface area (Å²) in [6.07, 6.45) is 7.10. The van der Waals surface area contributed by atoms with E-state index in [1.54, 1.807) is 23.3 Å². The summed E-state index contributed by atoms with van der Waals surface area (Å²) in [5.41, 5.74) is 3.25.